The van der Waals surface area contributed by atoms with Crippen molar-refractivity contribution in [3.8, 4) is 11.5 Å². The van der Waals surface area contributed by atoms with Gasteiger partial charge in [0.05, 0.1) is 5.52 Å². The number of aromatic nitrogens is 1. The highest BCUT2D eigenvalue weighted by Gasteiger charge is 2.31. The second-order valence-electron chi connectivity index (χ2n) is 9.03. The monoisotopic (exact) mass is 448 g/mol. The van der Waals surface area contributed by atoms with Gasteiger partial charge >= 0.3 is 0 Å². The normalized spacial score (nSPS) is 21.0. The van der Waals surface area contributed by atoms with Crippen molar-refractivity contribution >= 4 is 32.3 Å². The summed E-state index contributed by atoms with van der Waals surface area (Å²) in [6.45, 7) is 2.44. The molecule has 2 N–H and O–H groups in total. The summed E-state index contributed by atoms with van der Waals surface area (Å²) in [5.74, 6) is 1.84. The van der Waals surface area contributed by atoms with Gasteiger partial charge < -0.3 is 15.2 Å². The van der Waals surface area contributed by atoms with E-state index in [9.17, 15) is 4.39 Å². The smallest absolute Gasteiger partial charge is 0.171 e. The van der Waals surface area contributed by atoms with Crippen LogP contribution in [0.5, 0.6) is 11.5 Å². The highest BCUT2D eigenvalue weighted by Crippen LogP contribution is 2.41. The molecule has 6 rings (SSSR count). The van der Waals surface area contributed by atoms with Crippen LogP contribution in [0.2, 0.25) is 0 Å². The van der Waals surface area contributed by atoms with E-state index in [1.165, 1.54) is 15.8 Å². The minimum atomic E-state index is -0.188. The van der Waals surface area contributed by atoms with Crippen molar-refractivity contribution in [1.82, 2.24) is 4.98 Å². The van der Waals surface area contributed by atoms with Gasteiger partial charge in [-0.2, -0.15) is 0 Å². The van der Waals surface area contributed by atoms with Crippen LogP contribution in [0.25, 0.3) is 21.0 Å². The average molecular weight is 449 g/mol. The molecule has 1 aliphatic heterocycles. The van der Waals surface area contributed by atoms with Gasteiger partial charge in [0.15, 0.2) is 11.5 Å². The Bertz CT molecular complexity index is 1330. The van der Waals surface area contributed by atoms with Crippen molar-refractivity contribution in [3.63, 3.8) is 0 Å². The Morgan fingerprint density at radius 1 is 1.19 bits per heavy atom. The molecule has 0 bridgehead atoms. The molecular weight excluding hydrogens is 423 g/mol. The number of halogens is 1. The van der Waals surface area contributed by atoms with Gasteiger partial charge in [0.1, 0.15) is 18.5 Å². The Morgan fingerprint density at radius 3 is 2.97 bits per heavy atom. The molecule has 0 spiro atoms. The summed E-state index contributed by atoms with van der Waals surface area (Å²) in [5.41, 5.74) is 9.93. The molecule has 1 aliphatic carbocycles. The van der Waals surface area contributed by atoms with Crippen molar-refractivity contribution in [2.45, 2.75) is 44.8 Å². The molecule has 164 valence electrons. The minimum Gasteiger partial charge on any atom is -0.486 e. The molecule has 0 saturated heterocycles. The first-order valence-corrected chi connectivity index (χ1v) is 12.0. The third-order valence-corrected chi connectivity index (χ3v) is 8.01. The molecule has 0 amide bonds. The number of nitrogens with two attached hydrogens (primary N) is 1. The summed E-state index contributed by atoms with van der Waals surface area (Å²) in [5, 5.41) is 2.18. The van der Waals surface area contributed by atoms with Crippen molar-refractivity contribution < 1.29 is 13.9 Å². The van der Waals surface area contributed by atoms with E-state index < -0.39 is 0 Å². The van der Waals surface area contributed by atoms with Crippen LogP contribution in [-0.2, 0) is 12.8 Å². The van der Waals surface area contributed by atoms with Gasteiger partial charge in [-0.1, -0.05) is 6.07 Å². The van der Waals surface area contributed by atoms with Crippen molar-refractivity contribution in [1.29, 1.82) is 0 Å². The Kier molecular flexibility index (Phi) is 4.81. The number of benzene rings is 2. The minimum absolute atomic E-state index is 0.116. The van der Waals surface area contributed by atoms with Crippen LogP contribution in [0.1, 0.15) is 29.0 Å². The van der Waals surface area contributed by atoms with Crippen molar-refractivity contribution in [2.75, 3.05) is 6.61 Å². The largest absolute Gasteiger partial charge is 0.486 e. The lowest BCUT2D eigenvalue weighted by Crippen LogP contribution is -2.46. The molecule has 2 aromatic carbocycles. The highest BCUT2D eigenvalue weighted by molar-refractivity contribution is 7.19. The van der Waals surface area contributed by atoms with Crippen molar-refractivity contribution in [2.24, 2.45) is 11.7 Å². The van der Waals surface area contributed by atoms with E-state index in [-0.39, 0.29) is 18.0 Å². The van der Waals surface area contributed by atoms with Crippen LogP contribution in [0.3, 0.4) is 0 Å². The number of ether oxygens (including phenoxy) is 2. The van der Waals surface area contributed by atoms with Gasteiger partial charge in [0, 0.05) is 26.7 Å². The highest BCUT2D eigenvalue weighted by atomic mass is 32.1. The molecule has 1 unspecified atom stereocenters. The molecule has 3 atom stereocenters. The van der Waals surface area contributed by atoms with E-state index in [0.29, 0.717) is 12.5 Å². The molecule has 4 aromatic rings. The average Bonchev–Trinajstić information content (AvgIpc) is 3.14. The lowest BCUT2D eigenvalue weighted by molar-refractivity contribution is 0.0668. The topological polar surface area (TPSA) is 57.4 Å². The maximum absolute atomic E-state index is 13.6. The van der Waals surface area contributed by atoms with Crippen LogP contribution >= 0.6 is 11.3 Å². The molecule has 0 saturated carbocycles. The van der Waals surface area contributed by atoms with Crippen LogP contribution < -0.4 is 15.2 Å². The van der Waals surface area contributed by atoms with E-state index >= 15 is 0 Å². The molecule has 2 aromatic heterocycles. The van der Waals surface area contributed by atoms with Crippen LogP contribution in [-0.4, -0.2) is 23.7 Å². The summed E-state index contributed by atoms with van der Waals surface area (Å²) in [6, 6.07) is 13.0. The summed E-state index contributed by atoms with van der Waals surface area (Å²) >= 11 is 1.73. The third kappa shape index (κ3) is 3.42. The van der Waals surface area contributed by atoms with E-state index in [0.717, 1.165) is 58.5 Å². The first kappa shape index (κ1) is 19.9. The molecule has 2 aliphatic rings. The number of hydrogen-bond acceptors (Lipinski definition) is 5. The standard InChI is InChI=1S/C26H25FN2O2S/c1-14-2-5-19-21(29-14)8-9-22-26(19)31-23(13-30-22)20(28)10-15-3-6-17-18-7-4-16(27)12-25(18)32-24(17)11-15/h2,4-5,7-9,12,15,20,23H,3,6,10-11,13,28H2,1H3/t15-,20?,23-/m1/s1. The van der Waals surface area contributed by atoms with Gasteiger partial charge in [-0.3, -0.25) is 4.98 Å². The van der Waals surface area contributed by atoms with Gasteiger partial charge in [-0.05, 0) is 85.9 Å². The molecule has 3 heterocycles. The second-order valence-corrected chi connectivity index (χ2v) is 10.2. The lowest BCUT2D eigenvalue weighted by Gasteiger charge is -2.33. The van der Waals surface area contributed by atoms with Crippen LogP contribution in [0.15, 0.2) is 42.5 Å². The predicted molar refractivity (Wildman–Crippen MR) is 126 cm³/mol. The van der Waals surface area contributed by atoms with E-state index in [1.54, 1.807) is 23.5 Å². The molecule has 6 heteroatoms. The number of fused-ring (bicyclic) bond motifs is 6. The number of aryl methyl sites for hydroxylation is 2. The number of rotatable bonds is 3. The zero-order chi connectivity index (χ0) is 21.8. The summed E-state index contributed by atoms with van der Waals surface area (Å²) in [7, 11) is 0. The Balaban J connectivity index is 1.19. The van der Waals surface area contributed by atoms with E-state index in [2.05, 4.69) is 4.98 Å². The van der Waals surface area contributed by atoms with Gasteiger partial charge in [-0.15, -0.1) is 11.3 Å². The zero-order valence-electron chi connectivity index (χ0n) is 17.9. The second kappa shape index (κ2) is 7.71. The number of thiophene rings is 1. The molecule has 0 fully saturated rings. The number of pyridine rings is 1. The Hall–Kier alpha value is -2.70. The SMILES string of the molecule is Cc1ccc2c3c(ccc2n1)OC[C@H](C(N)C[C@H]1CCc2c(sc4cc(F)ccc24)C1)O3. The van der Waals surface area contributed by atoms with Crippen LogP contribution in [0.4, 0.5) is 4.39 Å². The van der Waals surface area contributed by atoms with Gasteiger partial charge in [0.25, 0.3) is 0 Å². The first-order chi connectivity index (χ1) is 15.5. The number of hydrogen-bond donors (Lipinski definition) is 1. The third-order valence-electron chi connectivity index (χ3n) is 6.80. The quantitative estimate of drug-likeness (QED) is 0.446. The van der Waals surface area contributed by atoms with E-state index in [1.807, 2.05) is 37.3 Å². The predicted octanol–water partition coefficient (Wildman–Crippen LogP) is 5.56. The van der Waals surface area contributed by atoms with Gasteiger partial charge in [-0.25, -0.2) is 4.39 Å². The molecule has 32 heavy (non-hydrogen) atoms. The van der Waals surface area contributed by atoms with Gasteiger partial charge in [0.2, 0.25) is 0 Å². The van der Waals surface area contributed by atoms with Crippen LogP contribution in [0, 0.1) is 18.7 Å². The first-order valence-electron chi connectivity index (χ1n) is 11.2. The summed E-state index contributed by atoms with van der Waals surface area (Å²) in [4.78, 5) is 5.98. The molecule has 4 nitrogen and oxygen atoms in total. The van der Waals surface area contributed by atoms with E-state index in [4.69, 9.17) is 15.2 Å². The molecule has 0 radical (unpaired) electrons. The van der Waals surface area contributed by atoms with Crippen molar-refractivity contribution in [3.05, 3.63) is 64.4 Å². The summed E-state index contributed by atoms with van der Waals surface area (Å²) < 4.78 is 27.1. The fourth-order valence-electron chi connectivity index (χ4n) is 5.13. The number of nitrogens with zero attached hydrogens (tertiary/aromatic N) is 1. The maximum atomic E-state index is 13.6. The Morgan fingerprint density at radius 2 is 2.06 bits per heavy atom. The maximum Gasteiger partial charge on any atom is 0.171 e. The summed E-state index contributed by atoms with van der Waals surface area (Å²) in [6.07, 6.45) is 3.82. The fraction of sp³-hybridized carbons (Fsp3) is 0.346. The molecular formula is C26H25FN2O2S. The lowest BCUT2D eigenvalue weighted by atomic mass is 9.83. The zero-order valence-corrected chi connectivity index (χ0v) is 18.8. The Labute approximate surface area is 190 Å². The fourth-order valence-corrected chi connectivity index (χ4v) is 6.52.